The van der Waals surface area contributed by atoms with Crippen molar-refractivity contribution in [2.24, 2.45) is 5.41 Å². The van der Waals surface area contributed by atoms with Gasteiger partial charge in [-0.2, -0.15) is 0 Å². The maximum Gasteiger partial charge on any atom is 0.147 e. The van der Waals surface area contributed by atoms with Crippen LogP contribution >= 0.6 is 11.6 Å². The third-order valence-electron chi connectivity index (χ3n) is 3.98. The van der Waals surface area contributed by atoms with Crippen molar-refractivity contribution in [1.29, 1.82) is 0 Å². The van der Waals surface area contributed by atoms with E-state index < -0.39 is 0 Å². The molecule has 0 aromatic carbocycles. The number of hydrogen-bond acceptors (Lipinski definition) is 3. The fourth-order valence-corrected chi connectivity index (χ4v) is 2.35. The molecule has 0 saturated carbocycles. The predicted molar refractivity (Wildman–Crippen MR) is 70.0 cm³/mol. The standard InChI is InChI=1S/C13H20ClN3/c1-3-13(2)4-6-17(7-5-13)10-11-8-16-12(14)9-15-11/h8-9H,3-7,10H2,1-2H3. The molecule has 17 heavy (non-hydrogen) atoms. The zero-order valence-corrected chi connectivity index (χ0v) is 11.4. The van der Waals surface area contributed by atoms with E-state index in [4.69, 9.17) is 11.6 Å². The monoisotopic (exact) mass is 253 g/mol. The van der Waals surface area contributed by atoms with Crippen molar-refractivity contribution in [3.8, 4) is 0 Å². The number of nitrogens with zero attached hydrogens (tertiary/aromatic N) is 3. The summed E-state index contributed by atoms with van der Waals surface area (Å²) < 4.78 is 0. The van der Waals surface area contributed by atoms with Gasteiger partial charge in [0.2, 0.25) is 0 Å². The lowest BCUT2D eigenvalue weighted by Crippen LogP contribution is -2.38. The van der Waals surface area contributed by atoms with Gasteiger partial charge in [0.05, 0.1) is 18.1 Å². The molecule has 1 saturated heterocycles. The van der Waals surface area contributed by atoms with E-state index in [0.29, 0.717) is 10.6 Å². The second-order valence-electron chi connectivity index (χ2n) is 5.27. The van der Waals surface area contributed by atoms with E-state index in [1.807, 2.05) is 0 Å². The van der Waals surface area contributed by atoms with Crippen LogP contribution in [-0.4, -0.2) is 28.0 Å². The Balaban J connectivity index is 1.88. The van der Waals surface area contributed by atoms with Crippen molar-refractivity contribution in [2.75, 3.05) is 13.1 Å². The number of piperidine rings is 1. The van der Waals surface area contributed by atoms with Crippen LogP contribution in [-0.2, 0) is 6.54 Å². The Hall–Kier alpha value is -0.670. The van der Waals surface area contributed by atoms with Gasteiger partial charge in [-0.15, -0.1) is 0 Å². The van der Waals surface area contributed by atoms with Gasteiger partial charge in [0.15, 0.2) is 0 Å². The molecule has 4 heteroatoms. The van der Waals surface area contributed by atoms with Gasteiger partial charge in [-0.1, -0.05) is 31.9 Å². The normalized spacial score (nSPS) is 20.4. The highest BCUT2D eigenvalue weighted by atomic mass is 35.5. The topological polar surface area (TPSA) is 29.0 Å². The zero-order chi connectivity index (χ0) is 12.3. The van der Waals surface area contributed by atoms with Gasteiger partial charge in [-0.05, 0) is 31.3 Å². The number of hydrogen-bond donors (Lipinski definition) is 0. The molecule has 0 aliphatic carbocycles. The average Bonchev–Trinajstić information content (AvgIpc) is 2.35. The lowest BCUT2D eigenvalue weighted by Gasteiger charge is -2.38. The van der Waals surface area contributed by atoms with Crippen molar-refractivity contribution in [3.05, 3.63) is 23.2 Å². The van der Waals surface area contributed by atoms with Gasteiger partial charge in [-0.25, -0.2) is 4.98 Å². The predicted octanol–water partition coefficient (Wildman–Crippen LogP) is 3.14. The molecule has 1 aliphatic rings. The van der Waals surface area contributed by atoms with Crippen LogP contribution in [0.1, 0.15) is 38.8 Å². The lowest BCUT2D eigenvalue weighted by molar-refractivity contribution is 0.108. The first-order valence-electron chi connectivity index (χ1n) is 6.30. The van der Waals surface area contributed by atoms with Crippen LogP contribution in [0, 0.1) is 5.41 Å². The molecule has 0 atom stereocenters. The zero-order valence-electron chi connectivity index (χ0n) is 10.6. The molecule has 2 rings (SSSR count). The summed E-state index contributed by atoms with van der Waals surface area (Å²) >= 11 is 5.72. The Labute approximate surface area is 108 Å². The molecular weight excluding hydrogens is 234 g/mol. The van der Waals surface area contributed by atoms with Crippen LogP contribution in [0.4, 0.5) is 0 Å². The van der Waals surface area contributed by atoms with Crippen LogP contribution < -0.4 is 0 Å². The third-order valence-corrected chi connectivity index (χ3v) is 4.17. The minimum atomic E-state index is 0.464. The van der Waals surface area contributed by atoms with Crippen molar-refractivity contribution >= 4 is 11.6 Å². The number of aromatic nitrogens is 2. The second-order valence-corrected chi connectivity index (χ2v) is 5.66. The van der Waals surface area contributed by atoms with E-state index in [2.05, 4.69) is 28.7 Å². The highest BCUT2D eigenvalue weighted by Crippen LogP contribution is 2.34. The summed E-state index contributed by atoms with van der Waals surface area (Å²) in [4.78, 5) is 10.8. The summed E-state index contributed by atoms with van der Waals surface area (Å²) in [6.45, 7) is 7.90. The highest BCUT2D eigenvalue weighted by molar-refractivity contribution is 6.29. The van der Waals surface area contributed by atoms with Gasteiger partial charge in [0, 0.05) is 6.54 Å². The minimum absolute atomic E-state index is 0.464. The maximum absolute atomic E-state index is 5.72. The molecule has 2 heterocycles. The van der Waals surface area contributed by atoms with Crippen LogP contribution in [0.25, 0.3) is 0 Å². The SMILES string of the molecule is CCC1(C)CCN(Cc2cnc(Cl)cn2)CC1. The van der Waals surface area contributed by atoms with Crippen molar-refractivity contribution < 1.29 is 0 Å². The highest BCUT2D eigenvalue weighted by Gasteiger charge is 2.28. The van der Waals surface area contributed by atoms with E-state index in [1.165, 1.54) is 19.3 Å². The lowest BCUT2D eigenvalue weighted by atomic mass is 9.78. The quantitative estimate of drug-likeness (QED) is 0.829. The molecular formula is C13H20ClN3. The van der Waals surface area contributed by atoms with Gasteiger partial charge in [0.1, 0.15) is 5.15 Å². The van der Waals surface area contributed by atoms with E-state index in [0.717, 1.165) is 25.3 Å². The van der Waals surface area contributed by atoms with Crippen LogP contribution in [0.2, 0.25) is 5.15 Å². The summed E-state index contributed by atoms with van der Waals surface area (Å²) in [7, 11) is 0. The first-order valence-corrected chi connectivity index (χ1v) is 6.68. The molecule has 1 aliphatic heterocycles. The summed E-state index contributed by atoms with van der Waals surface area (Å²) in [5, 5.41) is 0.464. The molecule has 3 nitrogen and oxygen atoms in total. The van der Waals surface area contributed by atoms with E-state index in [-0.39, 0.29) is 0 Å². The van der Waals surface area contributed by atoms with Gasteiger partial charge >= 0.3 is 0 Å². The van der Waals surface area contributed by atoms with Crippen molar-refractivity contribution in [2.45, 2.75) is 39.7 Å². The van der Waals surface area contributed by atoms with Gasteiger partial charge < -0.3 is 0 Å². The third kappa shape index (κ3) is 3.39. The molecule has 0 radical (unpaired) electrons. The van der Waals surface area contributed by atoms with Crippen LogP contribution in [0.15, 0.2) is 12.4 Å². The minimum Gasteiger partial charge on any atom is -0.297 e. The molecule has 0 N–H and O–H groups in total. The summed E-state index contributed by atoms with van der Waals surface area (Å²) in [5.74, 6) is 0. The summed E-state index contributed by atoms with van der Waals surface area (Å²) in [6, 6.07) is 0. The fraction of sp³-hybridized carbons (Fsp3) is 0.692. The summed E-state index contributed by atoms with van der Waals surface area (Å²) in [5.41, 5.74) is 1.55. The second kappa shape index (κ2) is 5.32. The summed E-state index contributed by atoms with van der Waals surface area (Å²) in [6.07, 6.45) is 7.24. The van der Waals surface area contributed by atoms with Gasteiger partial charge in [0.25, 0.3) is 0 Å². The average molecular weight is 254 g/mol. The van der Waals surface area contributed by atoms with Crippen molar-refractivity contribution in [1.82, 2.24) is 14.9 Å². The first kappa shape index (κ1) is 12.8. The smallest absolute Gasteiger partial charge is 0.147 e. The first-order chi connectivity index (χ1) is 8.11. The van der Waals surface area contributed by atoms with E-state index in [9.17, 15) is 0 Å². The maximum atomic E-state index is 5.72. The molecule has 1 fully saturated rings. The molecule has 1 aromatic rings. The van der Waals surface area contributed by atoms with Crippen LogP contribution in [0.3, 0.4) is 0 Å². The molecule has 0 amide bonds. The Kier molecular flexibility index (Phi) is 4.00. The molecule has 94 valence electrons. The van der Waals surface area contributed by atoms with E-state index >= 15 is 0 Å². The molecule has 1 aromatic heterocycles. The Morgan fingerprint density at radius 3 is 2.53 bits per heavy atom. The molecule has 0 spiro atoms. The Bertz CT molecular complexity index is 355. The number of halogens is 1. The number of likely N-dealkylation sites (tertiary alicyclic amines) is 1. The number of rotatable bonds is 3. The van der Waals surface area contributed by atoms with E-state index in [1.54, 1.807) is 12.4 Å². The fourth-order valence-electron chi connectivity index (χ4n) is 2.25. The van der Waals surface area contributed by atoms with Crippen molar-refractivity contribution in [3.63, 3.8) is 0 Å². The Morgan fingerprint density at radius 1 is 1.29 bits per heavy atom. The molecule has 0 unspecified atom stereocenters. The molecule has 0 bridgehead atoms. The Morgan fingerprint density at radius 2 is 2.00 bits per heavy atom. The largest absolute Gasteiger partial charge is 0.297 e. The van der Waals surface area contributed by atoms with Crippen LogP contribution in [0.5, 0.6) is 0 Å². The van der Waals surface area contributed by atoms with Gasteiger partial charge in [-0.3, -0.25) is 9.88 Å².